The molecule has 0 bridgehead atoms. The summed E-state index contributed by atoms with van der Waals surface area (Å²) in [6.07, 6.45) is 0.902. The number of thioether (sulfide) groups is 1. The Bertz CT molecular complexity index is 876. The quantitative estimate of drug-likeness (QED) is 0.678. The van der Waals surface area contributed by atoms with Crippen molar-refractivity contribution >= 4 is 34.3 Å². The maximum absolute atomic E-state index is 12.2. The summed E-state index contributed by atoms with van der Waals surface area (Å²) in [5.41, 5.74) is 4.12. The lowest BCUT2D eigenvalue weighted by atomic mass is 10.1. The Hall–Kier alpha value is -2.33. The second kappa shape index (κ2) is 7.49. The first-order valence-corrected chi connectivity index (χ1v) is 9.02. The smallest absolute Gasteiger partial charge is 0.234 e. The predicted molar refractivity (Wildman–Crippen MR) is 102 cm³/mol. The van der Waals surface area contributed by atoms with E-state index >= 15 is 0 Å². The van der Waals surface area contributed by atoms with E-state index in [4.69, 9.17) is 4.98 Å². The fourth-order valence-electron chi connectivity index (χ4n) is 2.57. The molecule has 3 rings (SSSR count). The third kappa shape index (κ3) is 3.95. The molecule has 1 heterocycles. The van der Waals surface area contributed by atoms with Crippen molar-refractivity contribution in [3.63, 3.8) is 0 Å². The highest BCUT2D eigenvalue weighted by molar-refractivity contribution is 8.00. The van der Waals surface area contributed by atoms with Gasteiger partial charge in [-0.2, -0.15) is 0 Å². The normalized spacial score (nSPS) is 10.8. The summed E-state index contributed by atoms with van der Waals surface area (Å²) in [6.45, 7) is 4.12. The number of anilines is 1. The Kier molecular flexibility index (Phi) is 5.16. The van der Waals surface area contributed by atoms with Gasteiger partial charge in [-0.05, 0) is 48.7 Å². The van der Waals surface area contributed by atoms with Crippen LogP contribution in [0, 0.1) is 6.92 Å². The maximum atomic E-state index is 12.2. The maximum Gasteiger partial charge on any atom is 0.234 e. The largest absolute Gasteiger partial charge is 0.325 e. The monoisotopic (exact) mass is 336 g/mol. The molecule has 0 aliphatic carbocycles. The fraction of sp³-hybridized carbons (Fsp3) is 0.200. The number of pyridine rings is 1. The van der Waals surface area contributed by atoms with Crippen LogP contribution in [-0.4, -0.2) is 16.6 Å². The lowest BCUT2D eigenvalue weighted by molar-refractivity contribution is -0.113. The molecule has 0 fully saturated rings. The van der Waals surface area contributed by atoms with Crippen molar-refractivity contribution in [3.8, 4) is 0 Å². The lowest BCUT2D eigenvalue weighted by Crippen LogP contribution is -2.14. The van der Waals surface area contributed by atoms with Crippen molar-refractivity contribution in [2.75, 3.05) is 11.1 Å². The number of hydrogen-bond acceptors (Lipinski definition) is 3. The molecule has 0 saturated heterocycles. The van der Waals surface area contributed by atoms with Crippen LogP contribution in [0.1, 0.15) is 18.1 Å². The van der Waals surface area contributed by atoms with Crippen LogP contribution < -0.4 is 5.32 Å². The molecule has 4 heteroatoms. The van der Waals surface area contributed by atoms with Gasteiger partial charge in [0, 0.05) is 11.1 Å². The van der Waals surface area contributed by atoms with E-state index in [9.17, 15) is 4.79 Å². The summed E-state index contributed by atoms with van der Waals surface area (Å²) in [7, 11) is 0. The molecule has 0 radical (unpaired) electrons. The average Bonchev–Trinajstić information content (AvgIpc) is 2.59. The lowest BCUT2D eigenvalue weighted by Gasteiger charge is -2.09. The minimum atomic E-state index is -0.0115. The van der Waals surface area contributed by atoms with Gasteiger partial charge in [-0.15, -0.1) is 0 Å². The molecule has 1 N–H and O–H groups in total. The van der Waals surface area contributed by atoms with Gasteiger partial charge in [0.05, 0.1) is 11.3 Å². The van der Waals surface area contributed by atoms with Crippen LogP contribution >= 0.6 is 11.8 Å². The Morgan fingerprint density at radius 2 is 1.96 bits per heavy atom. The van der Waals surface area contributed by atoms with E-state index in [0.717, 1.165) is 33.6 Å². The number of nitrogens with one attached hydrogen (secondary N) is 1. The first-order valence-electron chi connectivity index (χ1n) is 8.03. The standard InChI is InChI=1S/C20H20N2OS/c1-3-15-12-16-8-4-5-10-18(16)22-20(15)24-13-19(23)21-17-9-6-7-14(2)11-17/h4-12H,3,13H2,1-2H3,(H,21,23). The summed E-state index contributed by atoms with van der Waals surface area (Å²) in [4.78, 5) is 16.9. The van der Waals surface area contributed by atoms with Gasteiger partial charge in [-0.3, -0.25) is 4.79 Å². The number of hydrogen-bond donors (Lipinski definition) is 1. The number of para-hydroxylation sites is 1. The summed E-state index contributed by atoms with van der Waals surface area (Å²) in [5.74, 6) is 0.342. The third-order valence-electron chi connectivity index (χ3n) is 3.79. The third-order valence-corrected chi connectivity index (χ3v) is 4.82. The van der Waals surface area contributed by atoms with E-state index in [0.29, 0.717) is 5.75 Å². The minimum absolute atomic E-state index is 0.0115. The second-order valence-electron chi connectivity index (χ2n) is 5.71. The SMILES string of the molecule is CCc1cc2ccccc2nc1SCC(=O)Nc1cccc(C)c1. The van der Waals surface area contributed by atoms with Crippen LogP contribution in [0.15, 0.2) is 59.6 Å². The first kappa shape index (κ1) is 16.5. The Balaban J connectivity index is 1.71. The molecule has 0 spiro atoms. The van der Waals surface area contributed by atoms with Crippen LogP contribution in [0.4, 0.5) is 5.69 Å². The van der Waals surface area contributed by atoms with E-state index in [1.165, 1.54) is 17.3 Å². The number of fused-ring (bicyclic) bond motifs is 1. The number of aryl methyl sites for hydroxylation is 2. The number of aromatic nitrogens is 1. The molecular weight excluding hydrogens is 316 g/mol. The van der Waals surface area contributed by atoms with Gasteiger partial charge in [-0.1, -0.05) is 49.0 Å². The number of amides is 1. The molecule has 1 aromatic heterocycles. The van der Waals surface area contributed by atoms with Gasteiger partial charge >= 0.3 is 0 Å². The van der Waals surface area contributed by atoms with Gasteiger partial charge in [0.15, 0.2) is 0 Å². The fourth-order valence-corrected chi connectivity index (χ4v) is 3.47. The van der Waals surface area contributed by atoms with Crippen molar-refractivity contribution in [3.05, 3.63) is 65.7 Å². The zero-order valence-electron chi connectivity index (χ0n) is 13.9. The number of benzene rings is 2. The average molecular weight is 336 g/mol. The molecule has 0 atom stereocenters. The van der Waals surface area contributed by atoms with Crippen molar-refractivity contribution in [1.29, 1.82) is 0 Å². The molecule has 3 nitrogen and oxygen atoms in total. The van der Waals surface area contributed by atoms with Gasteiger partial charge in [0.1, 0.15) is 5.03 Å². The van der Waals surface area contributed by atoms with Gasteiger partial charge in [-0.25, -0.2) is 4.98 Å². The number of carbonyl (C=O) groups is 1. The molecule has 0 saturated carbocycles. The molecule has 122 valence electrons. The van der Waals surface area contributed by atoms with E-state index in [-0.39, 0.29) is 5.91 Å². The second-order valence-corrected chi connectivity index (χ2v) is 6.67. The Morgan fingerprint density at radius 1 is 1.12 bits per heavy atom. The Morgan fingerprint density at radius 3 is 2.75 bits per heavy atom. The van der Waals surface area contributed by atoms with Gasteiger partial charge in [0.25, 0.3) is 0 Å². The van der Waals surface area contributed by atoms with Crippen molar-refractivity contribution in [2.24, 2.45) is 0 Å². The first-order chi connectivity index (χ1) is 11.7. The highest BCUT2D eigenvalue weighted by Crippen LogP contribution is 2.25. The molecule has 0 unspecified atom stereocenters. The predicted octanol–water partition coefficient (Wildman–Crippen LogP) is 4.84. The number of carbonyl (C=O) groups excluding carboxylic acids is 1. The van der Waals surface area contributed by atoms with Crippen LogP contribution in [-0.2, 0) is 11.2 Å². The molecule has 24 heavy (non-hydrogen) atoms. The zero-order valence-corrected chi connectivity index (χ0v) is 14.7. The van der Waals surface area contributed by atoms with Crippen molar-refractivity contribution in [1.82, 2.24) is 4.98 Å². The molecule has 3 aromatic rings. The van der Waals surface area contributed by atoms with Crippen molar-refractivity contribution in [2.45, 2.75) is 25.3 Å². The highest BCUT2D eigenvalue weighted by Gasteiger charge is 2.09. The summed E-state index contributed by atoms with van der Waals surface area (Å²) in [5, 5.41) is 5.02. The van der Waals surface area contributed by atoms with E-state index in [1.54, 1.807) is 0 Å². The summed E-state index contributed by atoms with van der Waals surface area (Å²) >= 11 is 1.49. The highest BCUT2D eigenvalue weighted by atomic mass is 32.2. The van der Waals surface area contributed by atoms with Crippen LogP contribution in [0.5, 0.6) is 0 Å². The minimum Gasteiger partial charge on any atom is -0.325 e. The summed E-state index contributed by atoms with van der Waals surface area (Å²) < 4.78 is 0. The molecule has 1 amide bonds. The van der Waals surface area contributed by atoms with E-state index in [1.807, 2.05) is 49.4 Å². The van der Waals surface area contributed by atoms with Crippen molar-refractivity contribution < 1.29 is 4.79 Å². The molecule has 0 aliphatic heterocycles. The van der Waals surface area contributed by atoms with Gasteiger partial charge < -0.3 is 5.32 Å². The van der Waals surface area contributed by atoms with Crippen LogP contribution in [0.3, 0.4) is 0 Å². The zero-order chi connectivity index (χ0) is 16.9. The molecule has 0 aliphatic rings. The van der Waals surface area contributed by atoms with Crippen LogP contribution in [0.25, 0.3) is 10.9 Å². The van der Waals surface area contributed by atoms with Gasteiger partial charge in [0.2, 0.25) is 5.91 Å². The topological polar surface area (TPSA) is 42.0 Å². The van der Waals surface area contributed by atoms with E-state index in [2.05, 4.69) is 24.4 Å². The Labute approximate surface area is 146 Å². The molecule has 2 aromatic carbocycles. The van der Waals surface area contributed by atoms with E-state index < -0.39 is 0 Å². The summed E-state index contributed by atoms with van der Waals surface area (Å²) in [6, 6.07) is 18.1. The molecular formula is C20H20N2OS. The van der Waals surface area contributed by atoms with Crippen LogP contribution in [0.2, 0.25) is 0 Å². The number of rotatable bonds is 5. The number of nitrogens with zero attached hydrogens (tertiary/aromatic N) is 1.